The Balaban J connectivity index is 1.91. The molecular weight excluding hydrogens is 360 g/mol. The number of hydrogen-bond acceptors (Lipinski definition) is 3. The van der Waals surface area contributed by atoms with Crippen LogP contribution in [0.2, 0.25) is 5.02 Å². The molecule has 1 N–H and O–H groups in total. The lowest BCUT2D eigenvalue weighted by atomic mass is 9.99. The lowest BCUT2D eigenvalue weighted by Crippen LogP contribution is -2.64. The molecule has 3 atom stereocenters. The van der Waals surface area contributed by atoms with Gasteiger partial charge in [0.2, 0.25) is 5.91 Å². The quantitative estimate of drug-likeness (QED) is 0.818. The van der Waals surface area contributed by atoms with E-state index in [0.29, 0.717) is 17.1 Å². The smallest absolute Gasteiger partial charge is 0.250 e. The number of piperazine rings is 1. The number of rotatable bonds is 1. The van der Waals surface area contributed by atoms with Crippen LogP contribution >= 0.6 is 27.5 Å². The minimum Gasteiger partial charge on any atom is -0.374 e. The molecule has 3 rings (SSSR count). The number of fused-ring (bicyclic) bond motifs is 1. The van der Waals surface area contributed by atoms with Crippen LogP contribution in [0.15, 0.2) is 22.7 Å². The number of ether oxygens (including phenoxy) is 1. The Kier molecular flexibility index (Phi) is 3.94. The highest BCUT2D eigenvalue weighted by Gasteiger charge is 2.44. The van der Waals surface area contributed by atoms with Gasteiger partial charge in [-0.15, -0.1) is 0 Å². The highest BCUT2D eigenvalue weighted by molar-refractivity contribution is 9.10. The molecule has 112 valence electrons. The zero-order valence-corrected chi connectivity index (χ0v) is 13.6. The molecule has 1 aromatic carbocycles. The van der Waals surface area contributed by atoms with E-state index in [-0.39, 0.29) is 24.5 Å². The Morgan fingerprint density at radius 3 is 2.90 bits per heavy atom. The number of benzene rings is 1. The van der Waals surface area contributed by atoms with Gasteiger partial charge in [-0.25, -0.2) is 0 Å². The van der Waals surface area contributed by atoms with Gasteiger partial charge in [-0.3, -0.25) is 9.59 Å². The van der Waals surface area contributed by atoms with Crippen molar-refractivity contribution < 1.29 is 14.3 Å². The fraction of sp³-hybridized carbons (Fsp3) is 0.429. The molecular formula is C14H14BrClN2O3. The first-order valence-electron chi connectivity index (χ1n) is 6.65. The summed E-state index contributed by atoms with van der Waals surface area (Å²) in [6.45, 7) is 2.56. The Hall–Kier alpha value is -1.11. The zero-order valence-electron chi connectivity index (χ0n) is 11.3. The maximum atomic E-state index is 12.6. The molecule has 2 saturated heterocycles. The fourth-order valence-electron chi connectivity index (χ4n) is 2.65. The van der Waals surface area contributed by atoms with Crippen molar-refractivity contribution in [3.63, 3.8) is 0 Å². The highest BCUT2D eigenvalue weighted by Crippen LogP contribution is 2.30. The minimum absolute atomic E-state index is 0.0646. The Morgan fingerprint density at radius 2 is 2.19 bits per heavy atom. The molecule has 21 heavy (non-hydrogen) atoms. The molecule has 2 heterocycles. The van der Waals surface area contributed by atoms with Gasteiger partial charge in [0.05, 0.1) is 17.7 Å². The minimum atomic E-state index is -0.690. The van der Waals surface area contributed by atoms with Crippen LogP contribution in [0.1, 0.15) is 18.5 Å². The van der Waals surface area contributed by atoms with Gasteiger partial charge in [-0.05, 0) is 40.5 Å². The summed E-state index contributed by atoms with van der Waals surface area (Å²) in [4.78, 5) is 26.4. The van der Waals surface area contributed by atoms with Gasteiger partial charge in [0, 0.05) is 11.0 Å². The number of halogens is 2. The van der Waals surface area contributed by atoms with E-state index in [1.807, 2.05) is 6.92 Å². The summed E-state index contributed by atoms with van der Waals surface area (Å²) in [6.07, 6.45) is -0.0646. The van der Waals surface area contributed by atoms with E-state index >= 15 is 0 Å². The molecule has 0 radical (unpaired) electrons. The third kappa shape index (κ3) is 2.67. The molecule has 7 heteroatoms. The number of nitrogens with zero attached hydrogens (tertiary/aromatic N) is 1. The maximum Gasteiger partial charge on any atom is 0.250 e. The Bertz CT molecular complexity index is 610. The largest absolute Gasteiger partial charge is 0.374 e. The summed E-state index contributed by atoms with van der Waals surface area (Å²) in [5.74, 6) is -0.307. The van der Waals surface area contributed by atoms with Gasteiger partial charge in [0.15, 0.2) is 0 Å². The molecule has 5 nitrogen and oxygen atoms in total. The van der Waals surface area contributed by atoms with Crippen molar-refractivity contribution in [1.82, 2.24) is 10.2 Å². The van der Waals surface area contributed by atoms with Gasteiger partial charge < -0.3 is 15.0 Å². The fourth-order valence-corrected chi connectivity index (χ4v) is 3.08. The van der Waals surface area contributed by atoms with Gasteiger partial charge in [0.25, 0.3) is 5.91 Å². The van der Waals surface area contributed by atoms with Crippen LogP contribution in [0, 0.1) is 0 Å². The van der Waals surface area contributed by atoms with Crippen molar-refractivity contribution in [2.75, 3.05) is 13.2 Å². The molecule has 1 unspecified atom stereocenters. The topological polar surface area (TPSA) is 58.6 Å². The second kappa shape index (κ2) is 5.59. The summed E-state index contributed by atoms with van der Waals surface area (Å²) >= 11 is 9.39. The number of hydrogen-bond donors (Lipinski definition) is 1. The van der Waals surface area contributed by atoms with Crippen LogP contribution in [-0.2, 0) is 14.3 Å². The third-order valence-corrected chi connectivity index (χ3v) is 5.00. The normalized spacial score (nSPS) is 29.1. The van der Waals surface area contributed by atoms with Crippen molar-refractivity contribution in [3.05, 3.63) is 33.3 Å². The summed E-state index contributed by atoms with van der Waals surface area (Å²) in [6, 6.07) is 4.02. The summed E-state index contributed by atoms with van der Waals surface area (Å²) in [5.41, 5.74) is 0.680. The van der Waals surface area contributed by atoms with Crippen LogP contribution in [-0.4, -0.2) is 42.0 Å². The number of amides is 2. The molecule has 2 aliphatic heterocycles. The highest BCUT2D eigenvalue weighted by atomic mass is 79.9. The number of morpholine rings is 1. The Labute approximate surface area is 135 Å². The Morgan fingerprint density at radius 1 is 1.43 bits per heavy atom. The van der Waals surface area contributed by atoms with Gasteiger partial charge in [-0.2, -0.15) is 0 Å². The van der Waals surface area contributed by atoms with Crippen LogP contribution in [0.5, 0.6) is 0 Å². The van der Waals surface area contributed by atoms with Gasteiger partial charge >= 0.3 is 0 Å². The van der Waals surface area contributed by atoms with E-state index < -0.39 is 12.1 Å². The average molecular weight is 374 g/mol. The van der Waals surface area contributed by atoms with Crippen molar-refractivity contribution >= 4 is 39.3 Å². The van der Waals surface area contributed by atoms with Crippen LogP contribution in [0.3, 0.4) is 0 Å². The first-order valence-corrected chi connectivity index (χ1v) is 7.82. The predicted molar refractivity (Wildman–Crippen MR) is 81.0 cm³/mol. The van der Waals surface area contributed by atoms with Crippen molar-refractivity contribution in [2.45, 2.75) is 25.1 Å². The second-order valence-electron chi connectivity index (χ2n) is 5.27. The molecule has 0 aliphatic carbocycles. The van der Waals surface area contributed by atoms with Crippen LogP contribution in [0.4, 0.5) is 0 Å². The lowest BCUT2D eigenvalue weighted by Gasteiger charge is -2.43. The average Bonchev–Trinajstić information content (AvgIpc) is 2.46. The van der Waals surface area contributed by atoms with Crippen molar-refractivity contribution in [3.8, 4) is 0 Å². The SMILES string of the molecule is C[C@H]1CN2C(=O)C(c3ccc(Br)c(Cl)c3)NC(=O)[C@@H]2CO1. The van der Waals surface area contributed by atoms with Gasteiger partial charge in [0.1, 0.15) is 12.1 Å². The second-order valence-corrected chi connectivity index (χ2v) is 6.53. The predicted octanol–water partition coefficient (Wildman–Crippen LogP) is 1.89. The van der Waals surface area contributed by atoms with Crippen molar-refractivity contribution in [2.24, 2.45) is 0 Å². The first kappa shape index (κ1) is 14.8. The molecule has 2 aliphatic rings. The molecule has 0 aromatic heterocycles. The maximum absolute atomic E-state index is 12.6. The number of carbonyl (C=O) groups is 2. The van der Waals surface area contributed by atoms with Crippen molar-refractivity contribution in [1.29, 1.82) is 0 Å². The van der Waals surface area contributed by atoms with Crippen LogP contribution in [0.25, 0.3) is 0 Å². The van der Waals surface area contributed by atoms with Crippen LogP contribution < -0.4 is 5.32 Å². The van der Waals surface area contributed by atoms with E-state index in [9.17, 15) is 9.59 Å². The third-order valence-electron chi connectivity index (χ3n) is 3.76. The molecule has 2 amide bonds. The molecule has 0 saturated carbocycles. The number of nitrogens with one attached hydrogen (secondary N) is 1. The molecule has 0 bridgehead atoms. The lowest BCUT2D eigenvalue weighted by molar-refractivity contribution is -0.162. The van der Waals surface area contributed by atoms with E-state index in [1.54, 1.807) is 23.1 Å². The van der Waals surface area contributed by atoms with E-state index in [0.717, 1.165) is 4.47 Å². The molecule has 0 spiro atoms. The summed E-state index contributed by atoms with van der Waals surface area (Å²) in [5, 5.41) is 3.27. The van der Waals surface area contributed by atoms with E-state index in [4.69, 9.17) is 16.3 Å². The van der Waals surface area contributed by atoms with Gasteiger partial charge in [-0.1, -0.05) is 17.7 Å². The molecule has 1 aromatic rings. The van der Waals surface area contributed by atoms with E-state index in [2.05, 4.69) is 21.2 Å². The zero-order chi connectivity index (χ0) is 15.1. The summed E-state index contributed by atoms with van der Waals surface area (Å²) in [7, 11) is 0. The van der Waals surface area contributed by atoms with E-state index in [1.165, 1.54) is 0 Å². The molecule has 2 fully saturated rings. The standard InChI is InChI=1S/C14H14BrClN2O3/c1-7-5-18-11(6-21-7)13(19)17-12(14(18)20)8-2-3-9(15)10(16)4-8/h2-4,7,11-12H,5-6H2,1H3,(H,17,19)/t7-,11-,12?/m0/s1. The number of carbonyl (C=O) groups excluding carboxylic acids is 2. The first-order chi connectivity index (χ1) is 9.97. The monoisotopic (exact) mass is 372 g/mol. The summed E-state index contributed by atoms with van der Waals surface area (Å²) < 4.78 is 6.21.